The van der Waals surface area contributed by atoms with Crippen LogP contribution in [-0.4, -0.2) is 32.2 Å². The molecular formula is C31H36N2O2Si. The lowest BCUT2D eigenvalue weighted by Crippen LogP contribution is -2.64. The van der Waals surface area contributed by atoms with Gasteiger partial charge in [0.15, 0.2) is 0 Å². The third-order valence-electron chi connectivity index (χ3n) is 8.11. The molecule has 0 unspecified atom stereocenters. The van der Waals surface area contributed by atoms with Gasteiger partial charge < -0.3 is 9.72 Å². The summed E-state index contributed by atoms with van der Waals surface area (Å²) in [6, 6.07) is 31.4. The summed E-state index contributed by atoms with van der Waals surface area (Å²) in [6.45, 7) is 7.21. The quantitative estimate of drug-likeness (QED) is 0.279. The maximum atomic E-state index is 12.7. The number of hydrogen-bond donors (Lipinski definition) is 2. The van der Waals surface area contributed by atoms with E-state index in [1.165, 1.54) is 34.1 Å². The van der Waals surface area contributed by atoms with Crippen molar-refractivity contribution < 1.29 is 9.53 Å². The number of hydrogen-bond acceptors (Lipinski definition) is 3. The van der Waals surface area contributed by atoms with Gasteiger partial charge in [-0.25, -0.2) is 0 Å². The molecule has 2 atom stereocenters. The van der Waals surface area contributed by atoms with Crippen LogP contribution in [0.5, 0.6) is 0 Å². The lowest BCUT2D eigenvalue weighted by molar-refractivity contribution is -0.143. The molecule has 0 bridgehead atoms. The van der Waals surface area contributed by atoms with E-state index in [0.29, 0.717) is 6.42 Å². The van der Waals surface area contributed by atoms with Crippen LogP contribution in [0, 0.1) is 0 Å². The van der Waals surface area contributed by atoms with E-state index in [-0.39, 0.29) is 23.1 Å². The first-order valence-corrected chi connectivity index (χ1v) is 15.1. The number of aromatic amines is 1. The van der Waals surface area contributed by atoms with E-state index < -0.39 is 8.07 Å². The van der Waals surface area contributed by atoms with Crippen LogP contribution in [0.1, 0.15) is 44.5 Å². The fraction of sp³-hybridized carbons (Fsp3) is 0.323. The first-order valence-electron chi connectivity index (χ1n) is 12.9. The molecule has 0 aliphatic carbocycles. The molecule has 0 radical (unpaired) electrons. The molecule has 0 spiro atoms. The number of aromatic nitrogens is 1. The average Bonchev–Trinajstić information content (AvgIpc) is 3.28. The number of fused-ring (bicyclic) bond motifs is 3. The molecule has 0 saturated carbocycles. The van der Waals surface area contributed by atoms with Crippen LogP contribution in [0.15, 0.2) is 84.9 Å². The molecule has 186 valence electrons. The van der Waals surface area contributed by atoms with Gasteiger partial charge in [0.05, 0.1) is 7.11 Å². The number of benzene rings is 3. The highest BCUT2D eigenvalue weighted by atomic mass is 28.3. The van der Waals surface area contributed by atoms with Gasteiger partial charge in [0, 0.05) is 29.1 Å². The smallest absolute Gasteiger partial charge is 0.323 e. The number of H-pyrrole nitrogens is 1. The van der Waals surface area contributed by atoms with E-state index in [2.05, 4.69) is 116 Å². The van der Waals surface area contributed by atoms with Crippen LogP contribution in [-0.2, 0) is 16.0 Å². The monoisotopic (exact) mass is 496 g/mol. The highest BCUT2D eigenvalue weighted by molar-refractivity contribution is 7.04. The highest BCUT2D eigenvalue weighted by Crippen LogP contribution is 2.42. The Hall–Kier alpha value is -3.15. The van der Waals surface area contributed by atoms with Crippen LogP contribution in [0.4, 0.5) is 0 Å². The highest BCUT2D eigenvalue weighted by Gasteiger charge is 2.48. The number of rotatable bonds is 6. The Morgan fingerprint density at radius 2 is 1.50 bits per heavy atom. The second kappa shape index (κ2) is 9.72. The van der Waals surface area contributed by atoms with E-state index in [1.807, 2.05) is 0 Å². The van der Waals surface area contributed by atoms with Gasteiger partial charge in [0.2, 0.25) is 0 Å². The molecule has 1 aliphatic rings. The van der Waals surface area contributed by atoms with Crippen molar-refractivity contribution in [2.24, 2.45) is 0 Å². The Bertz CT molecular complexity index is 1300. The van der Waals surface area contributed by atoms with Crippen LogP contribution in [0.25, 0.3) is 10.9 Å². The number of para-hydroxylation sites is 1. The van der Waals surface area contributed by atoms with Crippen molar-refractivity contribution >= 4 is 35.3 Å². The van der Waals surface area contributed by atoms with Crippen LogP contribution < -0.4 is 15.7 Å². The molecule has 3 aromatic carbocycles. The molecular weight excluding hydrogens is 460 g/mol. The van der Waals surface area contributed by atoms with Crippen molar-refractivity contribution in [1.29, 1.82) is 0 Å². The van der Waals surface area contributed by atoms with Gasteiger partial charge in [-0.3, -0.25) is 10.1 Å². The fourth-order valence-electron chi connectivity index (χ4n) is 6.35. The molecule has 0 amide bonds. The second-order valence-electron chi connectivity index (χ2n) is 11.0. The average molecular weight is 497 g/mol. The largest absolute Gasteiger partial charge is 0.468 e. The first kappa shape index (κ1) is 24.5. The molecule has 4 aromatic rings. The van der Waals surface area contributed by atoms with E-state index in [0.717, 1.165) is 18.0 Å². The topological polar surface area (TPSA) is 54.1 Å². The summed E-state index contributed by atoms with van der Waals surface area (Å²) in [4.78, 5) is 16.4. The third-order valence-corrected chi connectivity index (χ3v) is 14.4. The standard InChI is InChI=1S/C31H36N2O2Si/c1-31(2,3)36(22-13-7-5-8-14-22,23-15-9-6-10-16-23)20-19-27-29-25(21-28(32-27)30(34)35-4)24-17-11-12-18-26(24)33-29/h5-18,27-28,32-33H,19-21H2,1-4H3/t27-,28+/m1/s1. The number of carbonyl (C=O) groups excluding carboxylic acids is 1. The summed E-state index contributed by atoms with van der Waals surface area (Å²) >= 11 is 0. The lowest BCUT2D eigenvalue weighted by Gasteiger charge is -2.45. The Kier molecular flexibility index (Phi) is 6.62. The van der Waals surface area contributed by atoms with Gasteiger partial charge in [-0.05, 0) is 29.1 Å². The Morgan fingerprint density at radius 3 is 2.08 bits per heavy atom. The van der Waals surface area contributed by atoms with Crippen LogP contribution in [0.2, 0.25) is 11.1 Å². The van der Waals surface area contributed by atoms with Crippen molar-refractivity contribution in [1.82, 2.24) is 10.3 Å². The number of nitrogens with one attached hydrogen (secondary N) is 2. The second-order valence-corrected chi connectivity index (χ2v) is 16.0. The van der Waals surface area contributed by atoms with E-state index in [1.54, 1.807) is 0 Å². The fourth-order valence-corrected chi connectivity index (χ4v) is 12.0. The molecule has 36 heavy (non-hydrogen) atoms. The summed E-state index contributed by atoms with van der Waals surface area (Å²) in [5.41, 5.74) is 3.59. The molecule has 4 nitrogen and oxygen atoms in total. The molecule has 2 heterocycles. The molecule has 2 N–H and O–H groups in total. The maximum Gasteiger partial charge on any atom is 0.323 e. The van der Waals surface area contributed by atoms with Crippen molar-refractivity contribution in [2.75, 3.05) is 7.11 Å². The van der Waals surface area contributed by atoms with Gasteiger partial charge in [-0.2, -0.15) is 0 Å². The van der Waals surface area contributed by atoms with Gasteiger partial charge >= 0.3 is 5.97 Å². The minimum Gasteiger partial charge on any atom is -0.468 e. The van der Waals surface area contributed by atoms with Gasteiger partial charge in [0.1, 0.15) is 14.1 Å². The summed E-state index contributed by atoms with van der Waals surface area (Å²) in [5, 5.41) is 7.88. The van der Waals surface area contributed by atoms with Crippen molar-refractivity contribution in [3.05, 3.63) is 96.2 Å². The molecule has 1 aliphatic heterocycles. The van der Waals surface area contributed by atoms with Crippen molar-refractivity contribution in [3.8, 4) is 0 Å². The normalized spacial score (nSPS) is 18.1. The summed E-state index contributed by atoms with van der Waals surface area (Å²) in [5.74, 6) is -0.193. The molecule has 5 heteroatoms. The Balaban J connectivity index is 1.59. The van der Waals surface area contributed by atoms with Gasteiger partial charge in [-0.1, -0.05) is 110 Å². The third kappa shape index (κ3) is 4.20. The zero-order valence-corrected chi connectivity index (χ0v) is 22.7. The Morgan fingerprint density at radius 1 is 0.917 bits per heavy atom. The lowest BCUT2D eigenvalue weighted by atomic mass is 9.93. The number of ether oxygens (including phenoxy) is 1. The molecule has 0 saturated heterocycles. The zero-order chi connectivity index (χ0) is 25.3. The first-order chi connectivity index (χ1) is 17.3. The van der Waals surface area contributed by atoms with E-state index >= 15 is 0 Å². The minimum absolute atomic E-state index is 0.0481. The van der Waals surface area contributed by atoms with Crippen LogP contribution >= 0.6 is 0 Å². The maximum absolute atomic E-state index is 12.7. The van der Waals surface area contributed by atoms with Crippen molar-refractivity contribution in [2.45, 2.75) is 56.8 Å². The number of esters is 1. The number of carbonyl (C=O) groups is 1. The summed E-state index contributed by atoms with van der Waals surface area (Å²) in [7, 11) is -0.743. The summed E-state index contributed by atoms with van der Waals surface area (Å²) < 4.78 is 5.18. The Labute approximate surface area is 215 Å². The predicted molar refractivity (Wildman–Crippen MR) is 151 cm³/mol. The van der Waals surface area contributed by atoms with Gasteiger partial charge in [-0.15, -0.1) is 0 Å². The number of methoxy groups -OCH3 is 1. The SMILES string of the molecule is COC(=O)[C@@H]1Cc2c([nH]c3ccccc23)[C@@H](CC[Si](c2ccccc2)(c2ccccc2)C(C)(C)C)N1. The molecule has 0 fully saturated rings. The van der Waals surface area contributed by atoms with Crippen LogP contribution in [0.3, 0.4) is 0 Å². The van der Waals surface area contributed by atoms with Crippen molar-refractivity contribution in [3.63, 3.8) is 0 Å². The predicted octanol–water partition coefficient (Wildman–Crippen LogP) is 5.35. The summed E-state index contributed by atoms with van der Waals surface area (Å²) in [6.07, 6.45) is 1.57. The minimum atomic E-state index is -2.22. The zero-order valence-electron chi connectivity index (χ0n) is 21.7. The van der Waals surface area contributed by atoms with E-state index in [4.69, 9.17) is 4.74 Å². The molecule has 1 aromatic heterocycles. The van der Waals surface area contributed by atoms with Gasteiger partial charge in [0.25, 0.3) is 0 Å². The van der Waals surface area contributed by atoms with E-state index in [9.17, 15) is 4.79 Å². The molecule has 5 rings (SSSR count).